The largest absolute Gasteiger partial charge is 0.444 e. The van der Waals surface area contributed by atoms with Crippen molar-refractivity contribution in [2.24, 2.45) is 0 Å². The van der Waals surface area contributed by atoms with Gasteiger partial charge in [-0.2, -0.15) is 0 Å². The highest BCUT2D eigenvalue weighted by molar-refractivity contribution is 5.99. The van der Waals surface area contributed by atoms with Crippen LogP contribution in [-0.4, -0.2) is 58.4 Å². The Labute approximate surface area is 271 Å². The van der Waals surface area contributed by atoms with Gasteiger partial charge < -0.3 is 25.6 Å². The van der Waals surface area contributed by atoms with Crippen LogP contribution in [0, 0.1) is 6.92 Å². The highest BCUT2D eigenvalue weighted by Crippen LogP contribution is 2.22. The quantitative estimate of drug-likeness (QED) is 0.198. The van der Waals surface area contributed by atoms with Crippen LogP contribution in [0.25, 0.3) is 0 Å². The van der Waals surface area contributed by atoms with Gasteiger partial charge in [0.1, 0.15) is 11.6 Å². The molecule has 0 spiro atoms. The highest BCUT2D eigenvalue weighted by atomic mass is 16.6. The Kier molecular flexibility index (Phi) is 13.5. The summed E-state index contributed by atoms with van der Waals surface area (Å²) in [6.45, 7) is 10.1. The number of carbonyl (C=O) groups excluding carboxylic acids is 4. The molecule has 244 valence electrons. The molecule has 0 saturated carbocycles. The van der Waals surface area contributed by atoms with Crippen LogP contribution in [0.5, 0.6) is 0 Å². The van der Waals surface area contributed by atoms with Crippen LogP contribution in [-0.2, 0) is 14.3 Å². The summed E-state index contributed by atoms with van der Waals surface area (Å²) in [7, 11) is 0. The number of pyridine rings is 1. The molecule has 0 aliphatic carbocycles. The van der Waals surface area contributed by atoms with Gasteiger partial charge in [-0.25, -0.2) is 4.79 Å². The minimum absolute atomic E-state index is 0.0310. The molecule has 1 aromatic heterocycles. The van der Waals surface area contributed by atoms with Gasteiger partial charge in [-0.3, -0.25) is 19.4 Å². The van der Waals surface area contributed by atoms with E-state index in [1.54, 1.807) is 56.1 Å². The summed E-state index contributed by atoms with van der Waals surface area (Å²) >= 11 is 0. The topological polar surface area (TPSA) is 130 Å². The first-order valence-electron chi connectivity index (χ1n) is 15.5. The monoisotopic (exact) mass is 627 g/mol. The van der Waals surface area contributed by atoms with Crippen LogP contribution in [0.4, 0.5) is 10.5 Å². The number of nitrogens with one attached hydrogen (secondary N) is 3. The first kappa shape index (κ1) is 35.5. The molecule has 1 unspecified atom stereocenters. The minimum Gasteiger partial charge on any atom is -0.444 e. The Morgan fingerprint density at radius 2 is 1.76 bits per heavy atom. The zero-order chi connectivity index (χ0) is 33.5. The zero-order valence-electron chi connectivity index (χ0n) is 27.3. The lowest BCUT2D eigenvalue weighted by atomic mass is 10.0. The molecule has 2 atom stereocenters. The van der Waals surface area contributed by atoms with Crippen molar-refractivity contribution < 1.29 is 23.9 Å². The number of rotatable bonds is 9. The molecule has 4 amide bonds. The second-order valence-electron chi connectivity index (χ2n) is 12.1. The van der Waals surface area contributed by atoms with Gasteiger partial charge >= 0.3 is 6.09 Å². The van der Waals surface area contributed by atoms with Crippen molar-refractivity contribution in [2.75, 3.05) is 18.4 Å². The maximum absolute atomic E-state index is 13.5. The minimum atomic E-state index is -0.844. The van der Waals surface area contributed by atoms with E-state index in [1.165, 1.54) is 5.56 Å². The van der Waals surface area contributed by atoms with Crippen molar-refractivity contribution in [1.82, 2.24) is 20.5 Å². The van der Waals surface area contributed by atoms with Gasteiger partial charge in [0, 0.05) is 49.2 Å². The highest BCUT2D eigenvalue weighted by Gasteiger charge is 2.30. The molecule has 1 aliphatic rings. The van der Waals surface area contributed by atoms with Crippen molar-refractivity contribution in [3.05, 3.63) is 108 Å². The molecule has 10 heteroatoms. The van der Waals surface area contributed by atoms with Crippen LogP contribution in [0.3, 0.4) is 0 Å². The molecule has 0 fully saturated rings. The summed E-state index contributed by atoms with van der Waals surface area (Å²) in [5.41, 5.74) is 2.10. The number of carbonyl (C=O) groups is 4. The predicted octanol–water partition coefficient (Wildman–Crippen LogP) is 5.97. The van der Waals surface area contributed by atoms with E-state index in [0.29, 0.717) is 36.3 Å². The molecule has 3 N–H and O–H groups in total. The Bertz CT molecular complexity index is 1470. The number of benzene rings is 2. The molecule has 2 heterocycles. The Balaban J connectivity index is 0.000000724. The number of ether oxygens (including phenoxy) is 1. The third-order valence-electron chi connectivity index (χ3n) is 6.88. The average molecular weight is 628 g/mol. The summed E-state index contributed by atoms with van der Waals surface area (Å²) in [5, 5.41) is 8.30. The Morgan fingerprint density at radius 3 is 2.39 bits per heavy atom. The number of anilines is 1. The summed E-state index contributed by atoms with van der Waals surface area (Å²) < 4.78 is 5.17. The number of aryl methyl sites for hydroxylation is 1. The van der Waals surface area contributed by atoms with Crippen molar-refractivity contribution in [3.63, 3.8) is 0 Å². The average Bonchev–Trinajstić information content (AvgIpc) is 3.02. The molecule has 1 aliphatic heterocycles. The number of hydrogen-bond donors (Lipinski definition) is 3. The fourth-order valence-electron chi connectivity index (χ4n) is 4.57. The van der Waals surface area contributed by atoms with Gasteiger partial charge in [-0.15, -0.1) is 0 Å². The molecule has 0 radical (unpaired) electrons. The molecule has 3 aromatic rings. The first-order valence-corrected chi connectivity index (χ1v) is 15.5. The number of amides is 4. The van der Waals surface area contributed by atoms with Crippen LogP contribution >= 0.6 is 0 Å². The van der Waals surface area contributed by atoms with Gasteiger partial charge in [-0.1, -0.05) is 54.6 Å². The summed E-state index contributed by atoms with van der Waals surface area (Å²) in [5.74, 6) is -0.839. The summed E-state index contributed by atoms with van der Waals surface area (Å²) in [4.78, 5) is 56.5. The SMILES string of the molecule is CC1CC=CCN1C(=O)[C@@H](NC(=O)c1cccc(NC(=O)CCCNC(=O)OC(C)(C)C)c1)c1ccccc1.Cc1cccnc1. The molecular formula is C36H45N5O5. The molecule has 0 saturated heterocycles. The van der Waals surface area contributed by atoms with E-state index >= 15 is 0 Å². The molecule has 2 aromatic carbocycles. The maximum Gasteiger partial charge on any atom is 0.407 e. The van der Waals surface area contributed by atoms with Crippen molar-refractivity contribution in [1.29, 1.82) is 0 Å². The van der Waals surface area contributed by atoms with Crippen molar-refractivity contribution in [2.45, 2.75) is 71.6 Å². The second kappa shape index (κ2) is 17.5. The lowest BCUT2D eigenvalue weighted by molar-refractivity contribution is -0.135. The van der Waals surface area contributed by atoms with Gasteiger partial charge in [0.15, 0.2) is 0 Å². The smallest absolute Gasteiger partial charge is 0.407 e. The molecular weight excluding hydrogens is 582 g/mol. The van der Waals surface area contributed by atoms with Gasteiger partial charge in [0.2, 0.25) is 11.8 Å². The zero-order valence-corrected chi connectivity index (χ0v) is 27.3. The second-order valence-corrected chi connectivity index (χ2v) is 12.1. The van der Waals surface area contributed by atoms with Crippen LogP contribution < -0.4 is 16.0 Å². The third kappa shape index (κ3) is 12.2. The van der Waals surface area contributed by atoms with E-state index in [2.05, 4.69) is 27.0 Å². The number of alkyl carbamates (subject to hydrolysis) is 1. The number of hydrogen-bond acceptors (Lipinski definition) is 6. The van der Waals surface area contributed by atoms with Crippen molar-refractivity contribution >= 4 is 29.5 Å². The number of nitrogens with zero attached hydrogens (tertiary/aromatic N) is 2. The van der Waals surface area contributed by atoms with Gasteiger partial charge in [-0.05, 0) is 82.9 Å². The predicted molar refractivity (Wildman–Crippen MR) is 179 cm³/mol. The van der Waals surface area contributed by atoms with Crippen molar-refractivity contribution in [3.8, 4) is 0 Å². The van der Waals surface area contributed by atoms with E-state index in [9.17, 15) is 19.2 Å². The standard InChI is InChI=1S/C30H38N4O5.C6H7N/c1-21-12-8-9-19-34(21)28(37)26(22-13-6-5-7-14-22)33-27(36)23-15-10-16-24(20-23)32-25(35)17-11-18-31-29(38)39-30(2,3)4;1-6-3-2-4-7-5-6/h5-10,13-16,20-21,26H,11-12,17-19H2,1-4H3,(H,31,38)(H,32,35)(H,33,36);2-5H,1H3/t21?,26-;/m0./s1. The normalized spacial score (nSPS) is 14.6. The lowest BCUT2D eigenvalue weighted by Crippen LogP contribution is -2.47. The van der Waals surface area contributed by atoms with Crippen LogP contribution in [0.2, 0.25) is 0 Å². The third-order valence-corrected chi connectivity index (χ3v) is 6.88. The maximum atomic E-state index is 13.5. The molecule has 46 heavy (non-hydrogen) atoms. The van der Waals surface area contributed by atoms with Crippen LogP contribution in [0.1, 0.15) is 74.5 Å². The molecule has 4 rings (SSSR count). The molecule has 0 bridgehead atoms. The summed E-state index contributed by atoms with van der Waals surface area (Å²) in [6.07, 6.45) is 8.46. The fraction of sp³-hybridized carbons (Fsp3) is 0.361. The van der Waals surface area contributed by atoms with E-state index in [1.807, 2.05) is 68.6 Å². The van der Waals surface area contributed by atoms with Gasteiger partial charge in [0.05, 0.1) is 0 Å². The number of aromatic nitrogens is 1. The van der Waals surface area contributed by atoms with E-state index in [4.69, 9.17) is 4.74 Å². The Hall–Kier alpha value is -4.99. The van der Waals surface area contributed by atoms with E-state index in [-0.39, 0.29) is 24.3 Å². The van der Waals surface area contributed by atoms with Gasteiger partial charge in [0.25, 0.3) is 5.91 Å². The van der Waals surface area contributed by atoms with E-state index in [0.717, 1.165) is 6.42 Å². The Morgan fingerprint density at radius 1 is 1.00 bits per heavy atom. The van der Waals surface area contributed by atoms with Crippen LogP contribution in [0.15, 0.2) is 91.3 Å². The first-order chi connectivity index (χ1) is 21.9. The fourth-order valence-corrected chi connectivity index (χ4v) is 4.57. The summed E-state index contributed by atoms with van der Waals surface area (Å²) in [6, 6.07) is 18.9. The lowest BCUT2D eigenvalue weighted by Gasteiger charge is -2.33. The molecule has 10 nitrogen and oxygen atoms in total. The van der Waals surface area contributed by atoms with E-state index < -0.39 is 23.6 Å².